The number of rotatable bonds is 7. The number of halogens is 2. The van der Waals surface area contributed by atoms with Gasteiger partial charge >= 0.3 is 0 Å². The van der Waals surface area contributed by atoms with Crippen molar-refractivity contribution in [3.8, 4) is 5.75 Å². The van der Waals surface area contributed by atoms with Gasteiger partial charge in [-0.15, -0.1) is 0 Å². The van der Waals surface area contributed by atoms with Crippen LogP contribution < -0.4 is 20.3 Å². The summed E-state index contributed by atoms with van der Waals surface area (Å²) in [6.07, 6.45) is 3.52. The molecule has 0 bridgehead atoms. The Morgan fingerprint density at radius 2 is 1.68 bits per heavy atom. The van der Waals surface area contributed by atoms with E-state index in [0.717, 1.165) is 31.6 Å². The van der Waals surface area contributed by atoms with E-state index >= 15 is 0 Å². The van der Waals surface area contributed by atoms with Crippen LogP contribution in [-0.2, 0) is 4.79 Å². The molecule has 0 aromatic heterocycles. The number of benzene rings is 3. The SMILES string of the molecule is O=C(COc1ccccc1C(=O)Nc1ccc(N2CCCCC2)c(Cl)c1)Nc1ccccc1F. The smallest absolute Gasteiger partial charge is 0.262 e. The number of hydrogen-bond donors (Lipinski definition) is 2. The summed E-state index contributed by atoms with van der Waals surface area (Å²) in [5.41, 5.74) is 1.84. The highest BCUT2D eigenvalue weighted by molar-refractivity contribution is 6.33. The van der Waals surface area contributed by atoms with Crippen LogP contribution in [-0.4, -0.2) is 31.5 Å². The Morgan fingerprint density at radius 1 is 0.941 bits per heavy atom. The Labute approximate surface area is 202 Å². The fourth-order valence-electron chi connectivity index (χ4n) is 3.85. The van der Waals surface area contributed by atoms with Crippen molar-refractivity contribution < 1.29 is 18.7 Å². The summed E-state index contributed by atoms with van der Waals surface area (Å²) in [4.78, 5) is 27.4. The van der Waals surface area contributed by atoms with Crippen molar-refractivity contribution in [1.29, 1.82) is 0 Å². The number of nitrogens with one attached hydrogen (secondary N) is 2. The van der Waals surface area contributed by atoms with Crippen LogP contribution in [0.4, 0.5) is 21.5 Å². The van der Waals surface area contributed by atoms with Crippen molar-refractivity contribution in [3.63, 3.8) is 0 Å². The lowest BCUT2D eigenvalue weighted by Gasteiger charge is -2.29. The third kappa shape index (κ3) is 5.85. The van der Waals surface area contributed by atoms with E-state index in [1.807, 2.05) is 12.1 Å². The van der Waals surface area contributed by atoms with Gasteiger partial charge in [0.1, 0.15) is 11.6 Å². The van der Waals surface area contributed by atoms with Gasteiger partial charge in [-0.05, 0) is 61.7 Å². The molecule has 0 radical (unpaired) electrons. The molecule has 0 unspecified atom stereocenters. The average Bonchev–Trinajstić information content (AvgIpc) is 2.85. The molecule has 2 N–H and O–H groups in total. The Bertz CT molecular complexity index is 1180. The Hall–Kier alpha value is -3.58. The number of anilines is 3. The molecule has 6 nitrogen and oxygen atoms in total. The molecule has 0 aliphatic carbocycles. The van der Waals surface area contributed by atoms with Gasteiger partial charge in [0.05, 0.1) is 22.0 Å². The molecule has 176 valence electrons. The molecule has 2 amide bonds. The first-order valence-electron chi connectivity index (χ1n) is 11.1. The predicted octanol–water partition coefficient (Wildman–Crippen LogP) is 5.74. The molecule has 3 aromatic rings. The van der Waals surface area contributed by atoms with Crippen molar-refractivity contribution in [2.75, 3.05) is 35.2 Å². The number of piperidine rings is 1. The topological polar surface area (TPSA) is 70.7 Å². The van der Waals surface area contributed by atoms with Gasteiger partial charge in [-0.3, -0.25) is 9.59 Å². The van der Waals surface area contributed by atoms with E-state index in [-0.39, 0.29) is 23.6 Å². The number of nitrogens with zero attached hydrogens (tertiary/aromatic N) is 1. The number of carbonyl (C=O) groups is 2. The maximum absolute atomic E-state index is 13.7. The fourth-order valence-corrected chi connectivity index (χ4v) is 4.15. The standard InChI is InChI=1S/C26H25ClFN3O3/c27-20-16-18(12-13-23(20)31-14-6-1-7-15-31)29-26(33)19-8-2-5-11-24(19)34-17-25(32)30-22-10-4-3-9-21(22)28/h2-5,8-13,16H,1,6-7,14-15,17H2,(H,29,33)(H,30,32). The fraction of sp³-hybridized carbons (Fsp3) is 0.231. The molecule has 1 heterocycles. The van der Waals surface area contributed by atoms with Gasteiger partial charge in [0, 0.05) is 18.8 Å². The Morgan fingerprint density at radius 3 is 2.44 bits per heavy atom. The van der Waals surface area contributed by atoms with Crippen LogP contribution >= 0.6 is 11.6 Å². The van der Waals surface area contributed by atoms with Crippen molar-refractivity contribution in [1.82, 2.24) is 0 Å². The zero-order valence-corrected chi connectivity index (χ0v) is 19.3. The molecule has 0 saturated carbocycles. The van der Waals surface area contributed by atoms with Gasteiger partial charge in [0.25, 0.3) is 11.8 Å². The van der Waals surface area contributed by atoms with Gasteiger partial charge in [-0.25, -0.2) is 4.39 Å². The summed E-state index contributed by atoms with van der Waals surface area (Å²) in [5.74, 6) is -1.24. The maximum atomic E-state index is 13.7. The van der Waals surface area contributed by atoms with E-state index in [9.17, 15) is 14.0 Å². The Kier molecular flexibility index (Phi) is 7.65. The molecule has 1 fully saturated rings. The quantitative estimate of drug-likeness (QED) is 0.451. The average molecular weight is 482 g/mol. The van der Waals surface area contributed by atoms with Crippen LogP contribution in [0.3, 0.4) is 0 Å². The van der Waals surface area contributed by atoms with Crippen molar-refractivity contribution in [2.45, 2.75) is 19.3 Å². The third-order valence-electron chi connectivity index (χ3n) is 5.54. The lowest BCUT2D eigenvalue weighted by atomic mass is 10.1. The lowest BCUT2D eigenvalue weighted by Crippen LogP contribution is -2.29. The van der Waals surface area contributed by atoms with Crippen LogP contribution in [0, 0.1) is 5.82 Å². The number of carbonyl (C=O) groups excluding carboxylic acids is 2. The number of amides is 2. The Balaban J connectivity index is 1.40. The lowest BCUT2D eigenvalue weighted by molar-refractivity contribution is -0.118. The highest BCUT2D eigenvalue weighted by atomic mass is 35.5. The summed E-state index contributed by atoms with van der Waals surface area (Å²) >= 11 is 6.50. The molecule has 0 spiro atoms. The number of ether oxygens (including phenoxy) is 1. The second-order valence-corrected chi connectivity index (χ2v) is 8.39. The summed E-state index contributed by atoms with van der Waals surface area (Å²) in [6.45, 7) is 1.57. The summed E-state index contributed by atoms with van der Waals surface area (Å²) in [7, 11) is 0. The number of para-hydroxylation sites is 2. The predicted molar refractivity (Wildman–Crippen MR) is 132 cm³/mol. The maximum Gasteiger partial charge on any atom is 0.262 e. The van der Waals surface area contributed by atoms with Gasteiger partial charge in [0.15, 0.2) is 6.61 Å². The third-order valence-corrected chi connectivity index (χ3v) is 5.84. The monoisotopic (exact) mass is 481 g/mol. The van der Waals surface area contributed by atoms with Gasteiger partial charge < -0.3 is 20.3 Å². The van der Waals surface area contributed by atoms with E-state index < -0.39 is 17.6 Å². The summed E-state index contributed by atoms with van der Waals surface area (Å²) < 4.78 is 19.3. The first-order valence-corrected chi connectivity index (χ1v) is 11.5. The minimum absolute atomic E-state index is 0.0620. The first-order chi connectivity index (χ1) is 16.5. The zero-order valence-electron chi connectivity index (χ0n) is 18.5. The van der Waals surface area contributed by atoms with Gasteiger partial charge in [0.2, 0.25) is 0 Å². The molecule has 3 aromatic carbocycles. The van der Waals surface area contributed by atoms with Crippen molar-refractivity contribution in [3.05, 3.63) is 83.1 Å². The van der Waals surface area contributed by atoms with Gasteiger partial charge in [-0.1, -0.05) is 35.9 Å². The normalized spacial score (nSPS) is 13.3. The molecule has 1 aliphatic rings. The number of hydrogen-bond acceptors (Lipinski definition) is 4. The molecule has 34 heavy (non-hydrogen) atoms. The van der Waals surface area contributed by atoms with Crippen LogP contribution in [0.2, 0.25) is 5.02 Å². The molecule has 1 aliphatic heterocycles. The van der Waals surface area contributed by atoms with Crippen LogP contribution in [0.1, 0.15) is 29.6 Å². The second-order valence-electron chi connectivity index (χ2n) is 7.98. The van der Waals surface area contributed by atoms with Gasteiger partial charge in [-0.2, -0.15) is 0 Å². The van der Waals surface area contributed by atoms with Crippen LogP contribution in [0.15, 0.2) is 66.7 Å². The molecule has 0 atom stereocenters. The molecular weight excluding hydrogens is 457 g/mol. The minimum Gasteiger partial charge on any atom is -0.483 e. The van der Waals surface area contributed by atoms with E-state index in [1.54, 1.807) is 36.4 Å². The largest absolute Gasteiger partial charge is 0.483 e. The molecular formula is C26H25ClFN3O3. The van der Waals surface area contributed by atoms with Crippen molar-refractivity contribution >= 4 is 40.5 Å². The van der Waals surface area contributed by atoms with Crippen LogP contribution in [0.5, 0.6) is 5.75 Å². The van der Waals surface area contributed by atoms with E-state index in [0.29, 0.717) is 10.7 Å². The van der Waals surface area contributed by atoms with Crippen molar-refractivity contribution in [2.24, 2.45) is 0 Å². The first kappa shape index (κ1) is 23.6. The minimum atomic E-state index is -0.541. The molecule has 4 rings (SSSR count). The highest BCUT2D eigenvalue weighted by Gasteiger charge is 2.17. The molecule has 8 heteroatoms. The van der Waals surface area contributed by atoms with Crippen LogP contribution in [0.25, 0.3) is 0 Å². The zero-order chi connectivity index (χ0) is 23.9. The van der Waals surface area contributed by atoms with E-state index in [1.165, 1.54) is 24.6 Å². The molecule has 1 saturated heterocycles. The summed E-state index contributed by atoms with van der Waals surface area (Å²) in [5, 5.41) is 5.86. The van der Waals surface area contributed by atoms with E-state index in [4.69, 9.17) is 16.3 Å². The van der Waals surface area contributed by atoms with E-state index in [2.05, 4.69) is 15.5 Å². The highest BCUT2D eigenvalue weighted by Crippen LogP contribution is 2.31. The summed E-state index contributed by atoms with van der Waals surface area (Å²) in [6, 6.07) is 17.9. The second kappa shape index (κ2) is 11.0.